The third-order valence-corrected chi connectivity index (χ3v) is 32.0. The van der Waals surface area contributed by atoms with Crippen LogP contribution in [0.3, 0.4) is 0 Å². The number of aliphatic hydroxyl groups is 1. The first kappa shape index (κ1) is 50.5. The number of nitrogens with zero attached hydrogens (tertiary/aromatic N) is 2. The van der Waals surface area contributed by atoms with Gasteiger partial charge in [0, 0.05) is 84.4 Å². The quantitative estimate of drug-likeness (QED) is 0.175. The molecule has 3 N–H and O–H groups in total. The van der Waals surface area contributed by atoms with Crippen LogP contribution in [0.1, 0.15) is 195 Å². The van der Waals surface area contributed by atoms with Crippen LogP contribution in [0.15, 0.2) is 88.6 Å². The Morgan fingerprint density at radius 2 is 1.72 bits per heavy atom. The maximum atomic E-state index is 17.2. The number of rotatable bonds is 4. The highest BCUT2D eigenvalue weighted by Gasteiger charge is 2.94. The van der Waals surface area contributed by atoms with Gasteiger partial charge >= 0.3 is 11.9 Å². The minimum absolute atomic E-state index is 0.0199. The molecule has 0 amide bonds. The van der Waals surface area contributed by atoms with Gasteiger partial charge in [-0.25, -0.2) is 4.79 Å². The molecule has 7 heterocycles. The number of ether oxygens (including phenoxy) is 2. The topological polar surface area (TPSA) is 105 Å². The van der Waals surface area contributed by atoms with E-state index in [1.54, 1.807) is 16.8 Å². The van der Waals surface area contributed by atoms with Gasteiger partial charge < -0.3 is 25.2 Å². The minimum Gasteiger partial charge on any atom is -0.509 e. The summed E-state index contributed by atoms with van der Waals surface area (Å²) in [5.74, 6) is 14.1. The fourth-order valence-electron chi connectivity index (χ4n) is 30.1. The van der Waals surface area contributed by atoms with Gasteiger partial charge in [-0.2, -0.15) is 0 Å². The molecule has 7 spiro atoms. The van der Waals surface area contributed by atoms with Crippen LogP contribution in [0.5, 0.6) is 0 Å². The number of aliphatic hydroxyl groups excluding tert-OH is 1. The van der Waals surface area contributed by atoms with E-state index in [0.717, 1.165) is 56.3 Å². The lowest BCUT2D eigenvalue weighted by Crippen LogP contribution is -2.79. The number of piperidine rings is 2. The van der Waals surface area contributed by atoms with Crippen molar-refractivity contribution in [1.82, 2.24) is 9.80 Å². The Morgan fingerprint density at radius 3 is 2.61 bits per heavy atom. The summed E-state index contributed by atoms with van der Waals surface area (Å²) in [7, 11) is 0. The van der Waals surface area contributed by atoms with Crippen LogP contribution in [0.2, 0.25) is 0 Å². The predicted octanol–water partition coefficient (Wildman–Crippen LogP) is 14.1. The van der Waals surface area contributed by atoms with Gasteiger partial charge in [-0.15, -0.1) is 5.92 Å². The maximum Gasteiger partial charge on any atom is 0.339 e. The minimum atomic E-state index is -1.19. The van der Waals surface area contributed by atoms with E-state index in [4.69, 9.17) is 15.2 Å². The summed E-state index contributed by atoms with van der Waals surface area (Å²) in [5.41, 5.74) is 12.8. The summed E-state index contributed by atoms with van der Waals surface area (Å²) in [4.78, 5) is 39.3. The normalized spacial score (nSPS) is 51.1. The molecule has 8 heteroatoms. The van der Waals surface area contributed by atoms with Crippen molar-refractivity contribution >= 4 is 11.9 Å². The molecule has 10 fully saturated rings. The molecular formula is C77H91N3O5. The maximum absolute atomic E-state index is 17.2. The van der Waals surface area contributed by atoms with E-state index in [-0.39, 0.29) is 69.9 Å². The van der Waals surface area contributed by atoms with Crippen LogP contribution >= 0.6 is 0 Å². The average Bonchev–Trinajstić information content (AvgIpc) is 1.52. The highest BCUT2D eigenvalue weighted by Crippen LogP contribution is 2.89. The van der Waals surface area contributed by atoms with Crippen LogP contribution in [0.25, 0.3) is 0 Å². The van der Waals surface area contributed by atoms with Crippen LogP contribution in [-0.2, 0) is 26.3 Å². The fraction of sp³-hybridized carbons (Fsp3) is 0.714. The molecular weight excluding hydrogens is 1050 g/mol. The van der Waals surface area contributed by atoms with E-state index < -0.39 is 16.4 Å². The van der Waals surface area contributed by atoms with Crippen molar-refractivity contribution in [2.75, 3.05) is 19.6 Å². The van der Waals surface area contributed by atoms with E-state index >= 15 is 9.59 Å². The molecule has 1 aromatic rings. The van der Waals surface area contributed by atoms with Gasteiger partial charge in [-0.1, -0.05) is 111 Å². The smallest absolute Gasteiger partial charge is 0.339 e. The van der Waals surface area contributed by atoms with Gasteiger partial charge in [0.2, 0.25) is 0 Å². The number of aryl methyl sites for hydroxylation is 1. The van der Waals surface area contributed by atoms with Crippen molar-refractivity contribution in [3.05, 3.63) is 105 Å². The summed E-state index contributed by atoms with van der Waals surface area (Å²) in [6, 6.07) is 7.36. The zero-order chi connectivity index (χ0) is 55.9. The predicted molar refractivity (Wildman–Crippen MR) is 324 cm³/mol. The molecule has 14 aliphatic carbocycles. The molecule has 0 aromatic heterocycles. The molecule has 22 unspecified atom stereocenters. The van der Waals surface area contributed by atoms with Crippen LogP contribution < -0.4 is 5.73 Å². The number of nitrogens with two attached hydrogens (primary N) is 1. The fourth-order valence-corrected chi connectivity index (χ4v) is 30.1. The first-order chi connectivity index (χ1) is 41.7. The Balaban J connectivity index is 0.863. The molecule has 12 bridgehead atoms. The average molecular weight is 1140 g/mol. The number of carbonyl (C=O) groups excluding carboxylic acids is 2. The zero-order valence-corrected chi connectivity index (χ0v) is 50.5. The molecule has 444 valence electrons. The number of hydrogen-bond donors (Lipinski definition) is 2. The Morgan fingerprint density at radius 1 is 0.824 bits per heavy atom. The van der Waals surface area contributed by atoms with Crippen LogP contribution in [0.4, 0.5) is 0 Å². The lowest BCUT2D eigenvalue weighted by molar-refractivity contribution is -0.283. The highest BCUT2D eigenvalue weighted by atomic mass is 16.6. The van der Waals surface area contributed by atoms with E-state index in [1.807, 2.05) is 0 Å². The van der Waals surface area contributed by atoms with Gasteiger partial charge in [0.15, 0.2) is 11.4 Å². The molecule has 7 saturated carbocycles. The zero-order valence-electron chi connectivity index (χ0n) is 50.5. The van der Waals surface area contributed by atoms with E-state index in [1.165, 1.54) is 134 Å². The first-order valence-electron chi connectivity index (χ1n) is 35.9. The monoisotopic (exact) mass is 1140 g/mol. The van der Waals surface area contributed by atoms with Gasteiger partial charge in [-0.05, 0) is 221 Å². The highest BCUT2D eigenvalue weighted by molar-refractivity contribution is 6.00. The number of fused-ring (bicyclic) bond motifs is 8. The SMILES string of the molecule is NCCCc1cccc2c1C(=O)OC21C2CC(C3CCCCC3)C=CC3C4=C5CCC16C(=C(O)CC1C7CC8(CCCC8)C8(CCCC89CCCC9C#CCC8C9CN%10C%11=C(CC%12CC=CC3C%12C5%11)CC3C5C=CC(CN18)(C9C5)C3%10)C7)OC(=O)C426. The number of carbonyl (C=O) groups is 2. The lowest BCUT2D eigenvalue weighted by atomic mass is 9.27. The van der Waals surface area contributed by atoms with E-state index in [9.17, 15) is 5.11 Å². The lowest BCUT2D eigenvalue weighted by Gasteiger charge is -2.75. The van der Waals surface area contributed by atoms with Gasteiger partial charge in [0.05, 0.1) is 11.0 Å². The van der Waals surface area contributed by atoms with Crippen LogP contribution in [0, 0.1) is 127 Å². The summed E-state index contributed by atoms with van der Waals surface area (Å²) in [6.45, 7) is 2.69. The summed E-state index contributed by atoms with van der Waals surface area (Å²) in [5, 5.41) is 14.6. The summed E-state index contributed by atoms with van der Waals surface area (Å²) < 4.78 is 15.2. The second-order valence-electron chi connectivity index (χ2n) is 33.5. The summed E-state index contributed by atoms with van der Waals surface area (Å²) >= 11 is 0. The first-order valence-corrected chi connectivity index (χ1v) is 35.9. The van der Waals surface area contributed by atoms with Crippen molar-refractivity contribution in [1.29, 1.82) is 0 Å². The second kappa shape index (κ2) is 16.7. The Bertz CT molecular complexity index is 3480. The van der Waals surface area contributed by atoms with Gasteiger partial charge in [0.1, 0.15) is 11.2 Å². The van der Waals surface area contributed by atoms with Crippen molar-refractivity contribution in [2.45, 2.75) is 204 Å². The van der Waals surface area contributed by atoms with Gasteiger partial charge in [0.25, 0.3) is 0 Å². The molecule has 1 aromatic carbocycles. The molecule has 8 nitrogen and oxygen atoms in total. The van der Waals surface area contributed by atoms with Crippen LogP contribution in [-0.4, -0.2) is 64.6 Å². The molecule has 22 atom stereocenters. The third-order valence-electron chi connectivity index (χ3n) is 32.0. The molecule has 7 aliphatic heterocycles. The van der Waals surface area contributed by atoms with Crippen molar-refractivity contribution < 1.29 is 24.2 Å². The molecule has 3 saturated heterocycles. The standard InChI is InChI=1S/C77H91N3O5/c78-33-10-16-44-14-7-20-56-63(44)69(82)85-77(56)61-37-45(43-12-2-1-3-13-43)22-23-52-51-19-6-15-47-34-48-35-54-46-24-31-72-42-80-58-21-8-17-50-18-9-28-73(50)29-11-30-74(73)40-49(39-71(74)26-4-5-27-71)59(80)38-60(81)68-75(77)32-25-53(65(52)76(61,75)70(83)84-68)64(62(47)51)66(48)79(67(54)72)41-55(58)57(72)36-46/h6-7,14,19-20,22-24,31,43,45-47,49-52,54-55,57-59,61-62,64,67,81H,1-5,9-13,15-16,18,21,25-30,32-42,78H2. The Kier molecular flexibility index (Phi) is 9.95. The van der Waals surface area contributed by atoms with E-state index in [0.29, 0.717) is 108 Å². The third kappa shape index (κ3) is 5.46. The number of benzene rings is 1. The summed E-state index contributed by atoms with van der Waals surface area (Å²) in [6.07, 6.45) is 48.2. The Hall–Kier alpha value is -4.32. The molecule has 0 radical (unpaired) electrons. The van der Waals surface area contributed by atoms with Crippen molar-refractivity contribution in [3.8, 4) is 11.8 Å². The van der Waals surface area contributed by atoms with Crippen molar-refractivity contribution in [3.63, 3.8) is 0 Å². The van der Waals surface area contributed by atoms with Gasteiger partial charge in [-0.3, -0.25) is 9.69 Å². The molecule has 22 rings (SSSR count). The van der Waals surface area contributed by atoms with E-state index in [2.05, 4.69) is 76.3 Å². The largest absolute Gasteiger partial charge is 0.509 e. The van der Waals surface area contributed by atoms with Crippen molar-refractivity contribution in [2.24, 2.45) is 121 Å². The molecule has 85 heavy (non-hydrogen) atoms. The second-order valence-corrected chi connectivity index (χ2v) is 33.5. The number of esters is 2. The molecule has 21 aliphatic rings. The number of hydrogen-bond acceptors (Lipinski definition) is 8. The Labute approximate surface area is 504 Å². The number of allylic oxidation sites excluding steroid dienone is 7.